The quantitative estimate of drug-likeness (QED) is 0.658. The third kappa shape index (κ3) is 3.33. The highest BCUT2D eigenvalue weighted by atomic mass is 16.2. The first-order valence-corrected chi connectivity index (χ1v) is 8.15. The van der Waals surface area contributed by atoms with Gasteiger partial charge in [0.1, 0.15) is 6.54 Å². The lowest BCUT2D eigenvalue weighted by molar-refractivity contribution is -0.120. The van der Waals surface area contributed by atoms with Crippen LogP contribution in [-0.2, 0) is 11.8 Å². The van der Waals surface area contributed by atoms with Crippen LogP contribution in [0, 0.1) is 11.3 Å². The first-order chi connectivity index (χ1) is 10.9. The van der Waals surface area contributed by atoms with E-state index in [1.807, 2.05) is 18.1 Å². The van der Waals surface area contributed by atoms with E-state index < -0.39 is 0 Å². The fourth-order valence-electron chi connectivity index (χ4n) is 3.15. The van der Waals surface area contributed by atoms with Gasteiger partial charge in [-0.05, 0) is 17.8 Å². The molecule has 2 aliphatic rings. The number of amides is 1. The molecule has 1 saturated carbocycles. The van der Waals surface area contributed by atoms with Gasteiger partial charge in [0, 0.05) is 39.9 Å². The summed E-state index contributed by atoms with van der Waals surface area (Å²) in [6.45, 7) is 7.28. The van der Waals surface area contributed by atoms with Gasteiger partial charge < -0.3 is 15.1 Å². The molecule has 1 N–H and O–H groups in total. The summed E-state index contributed by atoms with van der Waals surface area (Å²) in [5.74, 6) is 1.61. The third-order valence-corrected chi connectivity index (χ3v) is 4.96. The van der Waals surface area contributed by atoms with Gasteiger partial charge in [0.15, 0.2) is 5.96 Å². The fourth-order valence-corrected chi connectivity index (χ4v) is 3.15. The van der Waals surface area contributed by atoms with Crippen LogP contribution in [0.1, 0.15) is 20.3 Å². The maximum Gasteiger partial charge on any atom is 0.246 e. The molecule has 1 atom stereocenters. The van der Waals surface area contributed by atoms with E-state index in [4.69, 9.17) is 0 Å². The topological polar surface area (TPSA) is 65.8 Å². The number of carbonyl (C=O) groups excluding carboxylic acids is 1. The van der Waals surface area contributed by atoms with Crippen LogP contribution in [-0.4, -0.2) is 59.8 Å². The first kappa shape index (κ1) is 15.8. The molecular formula is C16H26N6O. The standard InChI is InChI=1S/C16H26N6O/c1-16(2)7-12(16)8-18-15(17-3)21-5-6-22(14(23)11-21)13-9-19-20(4)10-13/h9-10,12H,5-8,11H2,1-4H3,(H,17,18). The smallest absolute Gasteiger partial charge is 0.246 e. The summed E-state index contributed by atoms with van der Waals surface area (Å²) >= 11 is 0. The van der Waals surface area contributed by atoms with Gasteiger partial charge in [0.05, 0.1) is 11.9 Å². The molecule has 126 valence electrons. The van der Waals surface area contributed by atoms with E-state index in [9.17, 15) is 4.79 Å². The highest BCUT2D eigenvalue weighted by Crippen LogP contribution is 2.50. The summed E-state index contributed by atoms with van der Waals surface area (Å²) in [7, 11) is 3.63. The number of nitrogens with zero attached hydrogens (tertiary/aromatic N) is 5. The maximum atomic E-state index is 12.5. The first-order valence-electron chi connectivity index (χ1n) is 8.15. The number of aryl methyl sites for hydroxylation is 1. The van der Waals surface area contributed by atoms with Crippen LogP contribution in [0.4, 0.5) is 5.69 Å². The van der Waals surface area contributed by atoms with E-state index >= 15 is 0 Å². The van der Waals surface area contributed by atoms with Crippen molar-refractivity contribution in [3.8, 4) is 0 Å². The predicted octanol–water partition coefficient (Wildman–Crippen LogP) is 0.690. The van der Waals surface area contributed by atoms with Crippen molar-refractivity contribution in [1.29, 1.82) is 0 Å². The number of guanidine groups is 1. The van der Waals surface area contributed by atoms with E-state index in [0.29, 0.717) is 24.4 Å². The van der Waals surface area contributed by atoms with Crippen molar-refractivity contribution in [2.45, 2.75) is 20.3 Å². The molecule has 3 rings (SSSR count). The summed E-state index contributed by atoms with van der Waals surface area (Å²) in [5.41, 5.74) is 1.31. The van der Waals surface area contributed by atoms with Crippen LogP contribution in [0.2, 0.25) is 0 Å². The lowest BCUT2D eigenvalue weighted by Crippen LogP contribution is -2.55. The zero-order chi connectivity index (χ0) is 16.6. The second-order valence-electron chi connectivity index (χ2n) is 7.16. The van der Waals surface area contributed by atoms with Gasteiger partial charge in [-0.1, -0.05) is 13.8 Å². The zero-order valence-corrected chi connectivity index (χ0v) is 14.4. The van der Waals surface area contributed by atoms with Crippen molar-refractivity contribution >= 4 is 17.6 Å². The largest absolute Gasteiger partial charge is 0.356 e. The van der Waals surface area contributed by atoms with E-state index in [-0.39, 0.29) is 5.91 Å². The molecule has 1 aromatic heterocycles. The van der Waals surface area contributed by atoms with Crippen LogP contribution in [0.25, 0.3) is 0 Å². The van der Waals surface area contributed by atoms with Gasteiger partial charge >= 0.3 is 0 Å². The van der Waals surface area contributed by atoms with Crippen LogP contribution >= 0.6 is 0 Å². The van der Waals surface area contributed by atoms with Gasteiger partial charge in [0.25, 0.3) is 0 Å². The minimum Gasteiger partial charge on any atom is -0.356 e. The Hall–Kier alpha value is -2.05. The highest BCUT2D eigenvalue weighted by molar-refractivity contribution is 5.98. The van der Waals surface area contributed by atoms with Crippen LogP contribution in [0.3, 0.4) is 0 Å². The lowest BCUT2D eigenvalue weighted by Gasteiger charge is -2.35. The summed E-state index contributed by atoms with van der Waals surface area (Å²) in [6, 6.07) is 0. The van der Waals surface area contributed by atoms with Gasteiger partial charge in [-0.3, -0.25) is 14.5 Å². The molecule has 0 radical (unpaired) electrons. The lowest BCUT2D eigenvalue weighted by atomic mass is 10.1. The summed E-state index contributed by atoms with van der Waals surface area (Å²) in [5, 5.41) is 7.56. The average Bonchev–Trinajstić information content (AvgIpc) is 2.90. The number of aliphatic imine (C=N–C) groups is 1. The van der Waals surface area contributed by atoms with Crippen molar-refractivity contribution in [2.24, 2.45) is 23.4 Å². The Balaban J connectivity index is 1.56. The number of anilines is 1. The normalized spacial score (nSPS) is 24.1. The molecule has 1 aromatic rings. The Morgan fingerprint density at radius 3 is 2.74 bits per heavy atom. The number of hydrogen-bond acceptors (Lipinski definition) is 3. The second kappa shape index (κ2) is 5.86. The Morgan fingerprint density at radius 2 is 2.22 bits per heavy atom. The number of hydrogen-bond donors (Lipinski definition) is 1. The molecule has 7 heteroatoms. The Kier molecular flexibility index (Phi) is 4.04. The van der Waals surface area contributed by atoms with Crippen LogP contribution in [0.15, 0.2) is 17.4 Å². The molecule has 1 unspecified atom stereocenters. The Morgan fingerprint density at radius 1 is 1.48 bits per heavy atom. The van der Waals surface area contributed by atoms with E-state index in [1.54, 1.807) is 22.8 Å². The van der Waals surface area contributed by atoms with E-state index in [0.717, 1.165) is 24.7 Å². The Labute approximate surface area is 137 Å². The Bertz CT molecular complexity index is 620. The van der Waals surface area contributed by atoms with Crippen molar-refractivity contribution in [1.82, 2.24) is 20.0 Å². The number of nitrogens with one attached hydrogen (secondary N) is 1. The predicted molar refractivity (Wildman–Crippen MR) is 90.4 cm³/mol. The third-order valence-electron chi connectivity index (χ3n) is 4.96. The molecule has 0 spiro atoms. The molecule has 0 aromatic carbocycles. The van der Waals surface area contributed by atoms with Crippen molar-refractivity contribution in [2.75, 3.05) is 38.1 Å². The minimum absolute atomic E-state index is 0.0824. The summed E-state index contributed by atoms with van der Waals surface area (Å²) < 4.78 is 1.72. The van der Waals surface area contributed by atoms with E-state index in [1.165, 1.54) is 6.42 Å². The molecule has 1 amide bonds. The second-order valence-corrected chi connectivity index (χ2v) is 7.16. The molecular weight excluding hydrogens is 292 g/mol. The number of rotatable bonds is 3. The molecule has 7 nitrogen and oxygen atoms in total. The monoisotopic (exact) mass is 318 g/mol. The molecule has 1 saturated heterocycles. The van der Waals surface area contributed by atoms with Crippen LogP contribution < -0.4 is 10.2 Å². The van der Waals surface area contributed by atoms with Gasteiger partial charge in [0.2, 0.25) is 5.91 Å². The highest BCUT2D eigenvalue weighted by Gasteiger charge is 2.45. The molecule has 1 aliphatic carbocycles. The fraction of sp³-hybridized carbons (Fsp3) is 0.688. The van der Waals surface area contributed by atoms with Gasteiger partial charge in [-0.15, -0.1) is 0 Å². The van der Waals surface area contributed by atoms with Gasteiger partial charge in [-0.25, -0.2) is 0 Å². The van der Waals surface area contributed by atoms with Crippen LogP contribution in [0.5, 0.6) is 0 Å². The van der Waals surface area contributed by atoms with Crippen molar-refractivity contribution in [3.05, 3.63) is 12.4 Å². The summed E-state index contributed by atoms with van der Waals surface area (Å²) in [6.07, 6.45) is 4.86. The van der Waals surface area contributed by atoms with Gasteiger partial charge in [-0.2, -0.15) is 5.10 Å². The SMILES string of the molecule is CN=C(NCC1CC1(C)C)N1CCN(c2cnn(C)c2)C(=O)C1. The molecule has 2 fully saturated rings. The number of piperazine rings is 1. The number of carbonyl (C=O) groups is 1. The molecule has 0 bridgehead atoms. The maximum absolute atomic E-state index is 12.5. The van der Waals surface area contributed by atoms with Crippen molar-refractivity contribution < 1.29 is 4.79 Å². The minimum atomic E-state index is 0.0824. The molecule has 23 heavy (non-hydrogen) atoms. The average molecular weight is 318 g/mol. The molecule has 1 aliphatic heterocycles. The zero-order valence-electron chi connectivity index (χ0n) is 14.4. The number of aromatic nitrogens is 2. The molecule has 2 heterocycles. The summed E-state index contributed by atoms with van der Waals surface area (Å²) in [4.78, 5) is 20.6. The van der Waals surface area contributed by atoms with Crippen molar-refractivity contribution in [3.63, 3.8) is 0 Å². The van der Waals surface area contributed by atoms with E-state index in [2.05, 4.69) is 29.3 Å².